The van der Waals surface area contributed by atoms with Crippen LogP contribution in [0.1, 0.15) is 6.92 Å². The van der Waals surface area contributed by atoms with E-state index in [4.69, 9.17) is 10.8 Å². The minimum Gasteiger partial charge on any atom is -0.465 e. The van der Waals surface area contributed by atoms with E-state index in [9.17, 15) is 9.18 Å². The van der Waals surface area contributed by atoms with Crippen LogP contribution in [-0.2, 0) is 9.53 Å². The second-order valence-corrected chi connectivity index (χ2v) is 2.00. The molecule has 0 aromatic heterocycles. The van der Waals surface area contributed by atoms with Crippen LogP contribution in [0.3, 0.4) is 0 Å². The topological polar surface area (TPSA) is 72.5 Å². The lowest BCUT2D eigenvalue weighted by Gasteiger charge is -2.13. The summed E-state index contributed by atoms with van der Waals surface area (Å²) in [6.07, 6.45) is -1.46. The third kappa shape index (κ3) is 3.29. The summed E-state index contributed by atoms with van der Waals surface area (Å²) in [5.74, 6) is -0.780. The lowest BCUT2D eigenvalue weighted by atomic mass is 10.2. The highest BCUT2D eigenvalue weighted by atomic mass is 19.1. The standard InChI is InChI=1S/C6H12FNO3/c1-2-11-6(10)5(8)4(9)3-7/h4-5,9H,2-3,8H2,1H3/t4-,5+/m1/s1. The average molecular weight is 165 g/mol. The van der Waals surface area contributed by atoms with E-state index in [-0.39, 0.29) is 6.61 Å². The van der Waals surface area contributed by atoms with Gasteiger partial charge in [-0.3, -0.25) is 4.79 Å². The molecule has 5 heteroatoms. The Morgan fingerprint density at radius 1 is 1.82 bits per heavy atom. The van der Waals surface area contributed by atoms with Gasteiger partial charge in [0.15, 0.2) is 0 Å². The molecule has 0 rings (SSSR count). The molecule has 0 saturated carbocycles. The number of esters is 1. The van der Waals surface area contributed by atoms with Crippen molar-refractivity contribution in [3.8, 4) is 0 Å². The van der Waals surface area contributed by atoms with Gasteiger partial charge in [-0.25, -0.2) is 4.39 Å². The first-order valence-corrected chi connectivity index (χ1v) is 3.29. The maximum Gasteiger partial charge on any atom is 0.325 e. The molecular formula is C6H12FNO3. The fraction of sp³-hybridized carbons (Fsp3) is 0.833. The Bertz CT molecular complexity index is 131. The zero-order chi connectivity index (χ0) is 8.85. The third-order valence-corrected chi connectivity index (χ3v) is 1.13. The van der Waals surface area contributed by atoms with Gasteiger partial charge in [0.2, 0.25) is 0 Å². The van der Waals surface area contributed by atoms with Crippen molar-refractivity contribution in [3.05, 3.63) is 0 Å². The Hall–Kier alpha value is -0.680. The molecule has 0 aliphatic heterocycles. The number of aliphatic hydroxyl groups is 1. The van der Waals surface area contributed by atoms with Crippen LogP contribution >= 0.6 is 0 Å². The predicted octanol–water partition coefficient (Wildman–Crippen LogP) is -0.793. The van der Waals surface area contributed by atoms with Gasteiger partial charge in [0.1, 0.15) is 18.8 Å². The van der Waals surface area contributed by atoms with E-state index >= 15 is 0 Å². The third-order valence-electron chi connectivity index (χ3n) is 1.13. The van der Waals surface area contributed by atoms with Crippen LogP contribution in [0.4, 0.5) is 4.39 Å². The number of aliphatic hydroxyl groups excluding tert-OH is 1. The molecule has 0 aliphatic carbocycles. The van der Waals surface area contributed by atoms with Gasteiger partial charge in [-0.15, -0.1) is 0 Å². The number of hydrogen-bond donors (Lipinski definition) is 2. The summed E-state index contributed by atoms with van der Waals surface area (Å²) >= 11 is 0. The monoisotopic (exact) mass is 165 g/mol. The zero-order valence-electron chi connectivity index (χ0n) is 6.29. The summed E-state index contributed by atoms with van der Waals surface area (Å²) in [5, 5.41) is 8.72. The first-order valence-electron chi connectivity index (χ1n) is 3.29. The predicted molar refractivity (Wildman–Crippen MR) is 36.6 cm³/mol. The van der Waals surface area contributed by atoms with Crippen LogP contribution in [0.2, 0.25) is 0 Å². The van der Waals surface area contributed by atoms with Gasteiger partial charge in [-0.05, 0) is 6.92 Å². The largest absolute Gasteiger partial charge is 0.465 e. The molecule has 0 fully saturated rings. The van der Waals surface area contributed by atoms with Crippen molar-refractivity contribution >= 4 is 5.97 Å². The van der Waals surface area contributed by atoms with Gasteiger partial charge in [0, 0.05) is 0 Å². The molecule has 0 saturated heterocycles. The number of nitrogens with two attached hydrogens (primary N) is 1. The van der Waals surface area contributed by atoms with Crippen LogP contribution in [0, 0.1) is 0 Å². The van der Waals surface area contributed by atoms with Gasteiger partial charge in [-0.1, -0.05) is 0 Å². The van der Waals surface area contributed by atoms with Gasteiger partial charge >= 0.3 is 5.97 Å². The summed E-state index contributed by atoms with van der Waals surface area (Å²) in [7, 11) is 0. The summed E-state index contributed by atoms with van der Waals surface area (Å²) in [4.78, 5) is 10.7. The maximum absolute atomic E-state index is 11.7. The van der Waals surface area contributed by atoms with E-state index in [0.29, 0.717) is 0 Å². The van der Waals surface area contributed by atoms with Crippen molar-refractivity contribution in [1.82, 2.24) is 0 Å². The SMILES string of the molecule is CCOC(=O)[C@@H](N)[C@H](O)CF. The van der Waals surface area contributed by atoms with Crippen LogP contribution < -0.4 is 5.73 Å². The van der Waals surface area contributed by atoms with E-state index in [1.807, 2.05) is 0 Å². The van der Waals surface area contributed by atoms with Crippen LogP contribution in [0.25, 0.3) is 0 Å². The highest BCUT2D eigenvalue weighted by molar-refractivity contribution is 5.76. The molecule has 0 radical (unpaired) electrons. The van der Waals surface area contributed by atoms with Crippen molar-refractivity contribution in [2.75, 3.05) is 13.3 Å². The number of carbonyl (C=O) groups is 1. The molecular weight excluding hydrogens is 153 g/mol. The van der Waals surface area contributed by atoms with E-state index < -0.39 is 24.8 Å². The highest BCUT2D eigenvalue weighted by Gasteiger charge is 2.23. The Morgan fingerprint density at radius 2 is 2.36 bits per heavy atom. The first kappa shape index (κ1) is 10.3. The van der Waals surface area contributed by atoms with E-state index in [0.717, 1.165) is 0 Å². The molecule has 3 N–H and O–H groups in total. The molecule has 11 heavy (non-hydrogen) atoms. The Labute approximate surface area is 64.1 Å². The summed E-state index contributed by atoms with van der Waals surface area (Å²) in [6, 6.07) is -1.28. The van der Waals surface area contributed by atoms with Crippen LogP contribution in [-0.4, -0.2) is 36.5 Å². The molecule has 66 valence electrons. The minimum atomic E-state index is -1.46. The molecule has 0 unspecified atom stereocenters. The van der Waals surface area contributed by atoms with E-state index in [1.165, 1.54) is 0 Å². The molecule has 2 atom stereocenters. The second kappa shape index (κ2) is 5.03. The summed E-state index contributed by atoms with van der Waals surface area (Å²) in [5.41, 5.74) is 5.09. The fourth-order valence-corrected chi connectivity index (χ4v) is 0.492. The number of carbonyl (C=O) groups excluding carboxylic acids is 1. The van der Waals surface area contributed by atoms with Gasteiger partial charge in [0.05, 0.1) is 6.61 Å². The lowest BCUT2D eigenvalue weighted by molar-refractivity contribution is -0.147. The van der Waals surface area contributed by atoms with Gasteiger partial charge < -0.3 is 15.6 Å². The molecule has 0 aromatic rings. The number of halogens is 1. The van der Waals surface area contributed by atoms with Crippen molar-refractivity contribution < 1.29 is 19.0 Å². The van der Waals surface area contributed by atoms with Crippen molar-refractivity contribution in [3.63, 3.8) is 0 Å². The molecule has 0 heterocycles. The Morgan fingerprint density at radius 3 is 2.73 bits per heavy atom. The average Bonchev–Trinajstić information content (AvgIpc) is 2.02. The molecule has 0 aromatic carbocycles. The lowest BCUT2D eigenvalue weighted by Crippen LogP contribution is -2.44. The van der Waals surface area contributed by atoms with E-state index in [1.54, 1.807) is 6.92 Å². The normalized spacial score (nSPS) is 15.6. The zero-order valence-corrected chi connectivity index (χ0v) is 6.29. The first-order chi connectivity index (χ1) is 5.13. The van der Waals surface area contributed by atoms with E-state index in [2.05, 4.69) is 4.74 Å². The molecule has 0 aliphatic rings. The smallest absolute Gasteiger partial charge is 0.325 e. The highest BCUT2D eigenvalue weighted by Crippen LogP contribution is 1.94. The van der Waals surface area contributed by atoms with Gasteiger partial charge in [-0.2, -0.15) is 0 Å². The quantitative estimate of drug-likeness (QED) is 0.535. The number of rotatable bonds is 4. The minimum absolute atomic E-state index is 0.172. The fourth-order valence-electron chi connectivity index (χ4n) is 0.492. The van der Waals surface area contributed by atoms with Crippen molar-refractivity contribution in [2.45, 2.75) is 19.1 Å². The van der Waals surface area contributed by atoms with Crippen LogP contribution in [0.5, 0.6) is 0 Å². The summed E-state index contributed by atoms with van der Waals surface area (Å²) in [6.45, 7) is 0.734. The maximum atomic E-state index is 11.7. The molecule has 0 spiro atoms. The molecule has 0 bridgehead atoms. The number of ether oxygens (including phenoxy) is 1. The van der Waals surface area contributed by atoms with Crippen molar-refractivity contribution in [2.24, 2.45) is 5.73 Å². The Kier molecular flexibility index (Phi) is 4.72. The Balaban J connectivity index is 3.80. The summed E-state index contributed by atoms with van der Waals surface area (Å²) < 4.78 is 16.1. The number of alkyl halides is 1. The van der Waals surface area contributed by atoms with Gasteiger partial charge in [0.25, 0.3) is 0 Å². The number of hydrogen-bond acceptors (Lipinski definition) is 4. The second-order valence-electron chi connectivity index (χ2n) is 2.00. The van der Waals surface area contributed by atoms with Crippen LogP contribution in [0.15, 0.2) is 0 Å². The molecule has 4 nitrogen and oxygen atoms in total. The van der Waals surface area contributed by atoms with Crippen molar-refractivity contribution in [1.29, 1.82) is 0 Å². The molecule has 0 amide bonds.